The first kappa shape index (κ1) is 8.04. The van der Waals surface area contributed by atoms with Crippen molar-refractivity contribution in [3.8, 4) is 5.75 Å². The summed E-state index contributed by atoms with van der Waals surface area (Å²) in [7, 11) is 0. The lowest BCUT2D eigenvalue weighted by molar-refractivity contribution is -0.0554. The van der Waals surface area contributed by atoms with Gasteiger partial charge in [0.1, 0.15) is 5.75 Å². The molecule has 0 aliphatic rings. The van der Waals surface area contributed by atoms with Crippen LogP contribution in [0.4, 0.5) is 0 Å². The Balaban J connectivity index is 2.51. The highest BCUT2D eigenvalue weighted by atomic mass is 16.7. The molecule has 1 aromatic rings. The third-order valence-electron chi connectivity index (χ3n) is 1.28. The van der Waals surface area contributed by atoms with E-state index in [9.17, 15) is 0 Å². The number of rotatable bonds is 3. The number of hydrazine groups is 1. The molecule has 3 nitrogen and oxygen atoms in total. The fourth-order valence-electron chi connectivity index (χ4n) is 0.681. The van der Waals surface area contributed by atoms with Crippen LogP contribution in [0.2, 0.25) is 0 Å². The van der Waals surface area contributed by atoms with Crippen molar-refractivity contribution in [1.82, 2.24) is 5.17 Å². The van der Waals surface area contributed by atoms with Gasteiger partial charge in [0.15, 0.2) is 0 Å². The third kappa shape index (κ3) is 2.57. The number of nitrogens with zero attached hydrogens (tertiary/aromatic N) is 1. The zero-order valence-electron chi connectivity index (χ0n) is 6.53. The molecule has 0 aromatic heterocycles. The van der Waals surface area contributed by atoms with Crippen LogP contribution in [0.15, 0.2) is 30.3 Å². The highest BCUT2D eigenvalue weighted by Gasteiger charge is 1.95. The van der Waals surface area contributed by atoms with E-state index >= 15 is 0 Å². The van der Waals surface area contributed by atoms with Gasteiger partial charge in [0, 0.05) is 6.54 Å². The molecular weight excluding hydrogens is 140 g/mol. The Labute approximate surface area is 66.3 Å². The number of hydroxylamine groups is 1. The van der Waals surface area contributed by atoms with Gasteiger partial charge in [-0.1, -0.05) is 23.4 Å². The van der Waals surface area contributed by atoms with Gasteiger partial charge < -0.3 is 4.84 Å². The Hall–Kier alpha value is -1.06. The molecule has 60 valence electrons. The maximum Gasteiger partial charge on any atom is 0.149 e. The summed E-state index contributed by atoms with van der Waals surface area (Å²) >= 11 is 0. The van der Waals surface area contributed by atoms with E-state index in [1.165, 1.54) is 5.17 Å². The summed E-state index contributed by atoms with van der Waals surface area (Å²) in [5.74, 6) is 6.18. The van der Waals surface area contributed by atoms with Gasteiger partial charge in [0.05, 0.1) is 0 Å². The van der Waals surface area contributed by atoms with Gasteiger partial charge in [-0.2, -0.15) is 0 Å². The first-order valence-electron chi connectivity index (χ1n) is 3.58. The molecule has 0 saturated heterocycles. The van der Waals surface area contributed by atoms with E-state index in [1.807, 2.05) is 37.3 Å². The highest BCUT2D eigenvalue weighted by molar-refractivity contribution is 5.20. The van der Waals surface area contributed by atoms with E-state index < -0.39 is 0 Å². The number of hydrogen-bond acceptors (Lipinski definition) is 3. The molecule has 3 heteroatoms. The fourth-order valence-corrected chi connectivity index (χ4v) is 0.681. The van der Waals surface area contributed by atoms with E-state index in [0.717, 1.165) is 5.75 Å². The van der Waals surface area contributed by atoms with Crippen molar-refractivity contribution < 1.29 is 4.84 Å². The molecule has 0 aliphatic carbocycles. The molecule has 0 saturated carbocycles. The topological polar surface area (TPSA) is 38.5 Å². The predicted octanol–water partition coefficient (Wildman–Crippen LogP) is 1.18. The Morgan fingerprint density at radius 1 is 1.36 bits per heavy atom. The van der Waals surface area contributed by atoms with E-state index in [-0.39, 0.29) is 0 Å². The van der Waals surface area contributed by atoms with Crippen LogP contribution < -0.4 is 10.7 Å². The molecule has 0 amide bonds. The Morgan fingerprint density at radius 3 is 2.55 bits per heavy atom. The molecule has 0 aliphatic heterocycles. The van der Waals surface area contributed by atoms with Crippen LogP contribution in [0.5, 0.6) is 5.75 Å². The summed E-state index contributed by atoms with van der Waals surface area (Å²) in [6.45, 7) is 2.58. The van der Waals surface area contributed by atoms with Crippen molar-refractivity contribution in [1.29, 1.82) is 0 Å². The monoisotopic (exact) mass is 152 g/mol. The van der Waals surface area contributed by atoms with Gasteiger partial charge in [-0.15, -0.1) is 0 Å². The Kier molecular flexibility index (Phi) is 2.89. The van der Waals surface area contributed by atoms with Gasteiger partial charge in [-0.05, 0) is 19.1 Å². The lowest BCUT2D eigenvalue weighted by atomic mass is 10.3. The molecular formula is C8H12N2O. The second-order valence-corrected chi connectivity index (χ2v) is 2.14. The minimum Gasteiger partial charge on any atom is -0.391 e. The van der Waals surface area contributed by atoms with Crippen LogP contribution in [0.3, 0.4) is 0 Å². The lowest BCUT2D eigenvalue weighted by Crippen LogP contribution is -2.33. The summed E-state index contributed by atoms with van der Waals surface area (Å²) in [4.78, 5) is 5.17. The third-order valence-corrected chi connectivity index (χ3v) is 1.28. The molecule has 0 fully saturated rings. The number of benzene rings is 1. The smallest absolute Gasteiger partial charge is 0.149 e. The van der Waals surface area contributed by atoms with Gasteiger partial charge in [-0.25, -0.2) is 5.84 Å². The van der Waals surface area contributed by atoms with E-state index in [1.54, 1.807) is 0 Å². The second-order valence-electron chi connectivity index (χ2n) is 2.14. The van der Waals surface area contributed by atoms with Gasteiger partial charge in [0.25, 0.3) is 0 Å². The van der Waals surface area contributed by atoms with Crippen molar-refractivity contribution in [3.05, 3.63) is 30.3 Å². The van der Waals surface area contributed by atoms with Crippen molar-refractivity contribution in [3.63, 3.8) is 0 Å². The number of hydrogen-bond donors (Lipinski definition) is 1. The number of para-hydroxylation sites is 1. The van der Waals surface area contributed by atoms with Crippen LogP contribution in [0.1, 0.15) is 6.92 Å². The Bertz CT molecular complexity index is 201. The summed E-state index contributed by atoms with van der Waals surface area (Å²) in [5.41, 5.74) is 0. The average molecular weight is 152 g/mol. The number of nitrogens with two attached hydrogens (primary N) is 1. The average Bonchev–Trinajstić information content (AvgIpc) is 2.06. The van der Waals surface area contributed by atoms with Crippen LogP contribution in [-0.2, 0) is 0 Å². The molecule has 0 unspecified atom stereocenters. The van der Waals surface area contributed by atoms with Crippen LogP contribution in [0.25, 0.3) is 0 Å². The zero-order valence-corrected chi connectivity index (χ0v) is 6.53. The van der Waals surface area contributed by atoms with E-state index in [2.05, 4.69) is 0 Å². The van der Waals surface area contributed by atoms with Gasteiger partial charge >= 0.3 is 0 Å². The molecule has 0 radical (unpaired) electrons. The van der Waals surface area contributed by atoms with E-state index in [0.29, 0.717) is 6.54 Å². The molecule has 0 spiro atoms. The van der Waals surface area contributed by atoms with Crippen molar-refractivity contribution in [2.75, 3.05) is 6.54 Å². The molecule has 2 N–H and O–H groups in total. The molecule has 1 aromatic carbocycles. The minimum atomic E-state index is 0.662. The lowest BCUT2D eigenvalue weighted by Gasteiger charge is -2.13. The van der Waals surface area contributed by atoms with Crippen LogP contribution >= 0.6 is 0 Å². The minimum absolute atomic E-state index is 0.662. The highest BCUT2D eigenvalue weighted by Crippen LogP contribution is 2.08. The zero-order chi connectivity index (χ0) is 8.10. The Morgan fingerprint density at radius 2 is 2.00 bits per heavy atom. The normalized spacial score (nSPS) is 10.1. The second kappa shape index (κ2) is 3.95. The first-order chi connectivity index (χ1) is 5.33. The van der Waals surface area contributed by atoms with Gasteiger partial charge in [0.2, 0.25) is 0 Å². The summed E-state index contributed by atoms with van der Waals surface area (Å²) < 4.78 is 0. The van der Waals surface area contributed by atoms with Crippen LogP contribution in [0, 0.1) is 0 Å². The standard InChI is InChI=1S/C8H12N2O/c1-2-10(9)11-8-6-4-3-5-7-8/h3-7H,2,9H2,1H3. The van der Waals surface area contributed by atoms with Crippen molar-refractivity contribution in [2.45, 2.75) is 6.92 Å². The summed E-state index contributed by atoms with van der Waals surface area (Å²) in [6.07, 6.45) is 0. The predicted molar refractivity (Wildman–Crippen MR) is 43.6 cm³/mol. The first-order valence-corrected chi connectivity index (χ1v) is 3.58. The van der Waals surface area contributed by atoms with Crippen molar-refractivity contribution >= 4 is 0 Å². The molecule has 0 atom stereocenters. The maximum atomic E-state index is 5.42. The molecule has 1 rings (SSSR count). The fraction of sp³-hybridized carbons (Fsp3) is 0.250. The van der Waals surface area contributed by atoms with Crippen molar-refractivity contribution in [2.24, 2.45) is 5.84 Å². The SMILES string of the molecule is CCN(N)Oc1ccccc1. The molecule has 0 bridgehead atoms. The molecule has 11 heavy (non-hydrogen) atoms. The summed E-state index contributed by atoms with van der Waals surface area (Å²) in [6, 6.07) is 9.45. The molecule has 0 heterocycles. The largest absolute Gasteiger partial charge is 0.391 e. The summed E-state index contributed by atoms with van der Waals surface area (Å²) in [5, 5.41) is 1.29. The van der Waals surface area contributed by atoms with E-state index in [4.69, 9.17) is 10.7 Å². The maximum absolute atomic E-state index is 5.42. The quantitative estimate of drug-likeness (QED) is 0.522. The van der Waals surface area contributed by atoms with Gasteiger partial charge in [-0.3, -0.25) is 0 Å². The van der Waals surface area contributed by atoms with Crippen LogP contribution in [-0.4, -0.2) is 11.7 Å².